The molecule has 0 saturated carbocycles. The van der Waals surface area contributed by atoms with Gasteiger partial charge in [0.15, 0.2) is 0 Å². The van der Waals surface area contributed by atoms with Crippen molar-refractivity contribution in [1.82, 2.24) is 5.32 Å². The summed E-state index contributed by atoms with van der Waals surface area (Å²) in [4.78, 5) is 0. The van der Waals surface area contributed by atoms with E-state index in [-0.39, 0.29) is 6.10 Å². The first kappa shape index (κ1) is 10.6. The van der Waals surface area contributed by atoms with Crippen LogP contribution in [0, 0.1) is 0 Å². The van der Waals surface area contributed by atoms with Crippen LogP contribution in [0.1, 0.15) is 0 Å². The van der Waals surface area contributed by atoms with Gasteiger partial charge in [-0.05, 0) is 22.9 Å². The molecule has 2 aromatic carbocycles. The van der Waals surface area contributed by atoms with Gasteiger partial charge in [-0.15, -0.1) is 0 Å². The Hall–Kier alpha value is -1.58. The number of fused-ring (bicyclic) bond motifs is 1. The van der Waals surface area contributed by atoms with Crippen molar-refractivity contribution in [1.29, 1.82) is 0 Å². The number of β-amino-alcohol motifs (C(OH)–C–C–N with tert-alkyl or cyclic N) is 1. The van der Waals surface area contributed by atoms with Crippen molar-refractivity contribution in [3.8, 4) is 5.75 Å². The molecule has 2 unspecified atom stereocenters. The van der Waals surface area contributed by atoms with Crippen LogP contribution < -0.4 is 10.1 Å². The van der Waals surface area contributed by atoms with Gasteiger partial charge < -0.3 is 15.2 Å². The Balaban J connectivity index is 1.85. The fourth-order valence-corrected chi connectivity index (χ4v) is 2.18. The Kier molecular flexibility index (Phi) is 2.71. The molecule has 0 radical (unpaired) electrons. The van der Waals surface area contributed by atoms with Gasteiger partial charge in [-0.2, -0.15) is 0 Å². The van der Waals surface area contributed by atoms with Gasteiger partial charge in [0.2, 0.25) is 0 Å². The third-order valence-corrected chi connectivity index (χ3v) is 3.14. The summed E-state index contributed by atoms with van der Waals surface area (Å²) in [6.45, 7) is 1.31. The van der Waals surface area contributed by atoms with Crippen molar-refractivity contribution in [2.75, 3.05) is 13.1 Å². The highest BCUT2D eigenvalue weighted by atomic mass is 16.5. The molecule has 0 amide bonds. The molecule has 2 atom stereocenters. The summed E-state index contributed by atoms with van der Waals surface area (Å²) in [5.74, 6) is 0.816. The fraction of sp³-hybridized carbons (Fsp3) is 0.286. The van der Waals surface area contributed by atoms with Crippen molar-refractivity contribution >= 4 is 10.8 Å². The van der Waals surface area contributed by atoms with Crippen molar-refractivity contribution in [3.63, 3.8) is 0 Å². The second-order valence-electron chi connectivity index (χ2n) is 4.39. The van der Waals surface area contributed by atoms with Crippen LogP contribution in [0.4, 0.5) is 0 Å². The van der Waals surface area contributed by atoms with E-state index in [9.17, 15) is 5.11 Å². The minimum absolute atomic E-state index is 0.142. The second kappa shape index (κ2) is 4.35. The van der Waals surface area contributed by atoms with Crippen molar-refractivity contribution < 1.29 is 9.84 Å². The molecule has 2 aromatic rings. The van der Waals surface area contributed by atoms with Gasteiger partial charge in [0.05, 0.1) is 0 Å². The number of aliphatic hydroxyl groups is 1. The third-order valence-electron chi connectivity index (χ3n) is 3.14. The highest BCUT2D eigenvalue weighted by Gasteiger charge is 2.26. The lowest BCUT2D eigenvalue weighted by molar-refractivity contribution is 0.0738. The van der Waals surface area contributed by atoms with E-state index in [2.05, 4.69) is 17.4 Å². The Morgan fingerprint density at radius 2 is 1.88 bits per heavy atom. The Bertz CT molecular complexity index is 526. The molecule has 0 aromatic heterocycles. The molecule has 1 saturated heterocycles. The Labute approximate surface area is 100 Å². The molecule has 88 valence electrons. The van der Waals surface area contributed by atoms with Crippen LogP contribution in [0.5, 0.6) is 5.75 Å². The molecule has 1 aliphatic rings. The van der Waals surface area contributed by atoms with E-state index in [0.29, 0.717) is 13.1 Å². The van der Waals surface area contributed by atoms with Crippen LogP contribution in [-0.2, 0) is 0 Å². The molecule has 1 aliphatic heterocycles. The van der Waals surface area contributed by atoms with Gasteiger partial charge in [-0.3, -0.25) is 0 Å². The van der Waals surface area contributed by atoms with E-state index in [0.717, 1.165) is 11.1 Å². The summed E-state index contributed by atoms with van der Waals surface area (Å²) in [5.41, 5.74) is 0. The van der Waals surface area contributed by atoms with E-state index in [4.69, 9.17) is 4.74 Å². The van der Waals surface area contributed by atoms with Gasteiger partial charge >= 0.3 is 0 Å². The number of hydrogen-bond donors (Lipinski definition) is 2. The summed E-state index contributed by atoms with van der Waals surface area (Å²) in [7, 11) is 0. The molecule has 0 spiro atoms. The first-order valence-corrected chi connectivity index (χ1v) is 5.87. The van der Waals surface area contributed by atoms with E-state index < -0.39 is 6.10 Å². The number of hydrogen-bond acceptors (Lipinski definition) is 3. The third kappa shape index (κ3) is 2.12. The summed E-state index contributed by atoms with van der Waals surface area (Å²) >= 11 is 0. The van der Waals surface area contributed by atoms with Crippen molar-refractivity contribution in [3.05, 3.63) is 42.5 Å². The number of rotatable bonds is 2. The van der Waals surface area contributed by atoms with Gasteiger partial charge in [0, 0.05) is 13.1 Å². The summed E-state index contributed by atoms with van der Waals surface area (Å²) in [6.07, 6.45) is -0.558. The molecule has 17 heavy (non-hydrogen) atoms. The topological polar surface area (TPSA) is 41.5 Å². The zero-order valence-electron chi connectivity index (χ0n) is 9.47. The fourth-order valence-electron chi connectivity index (χ4n) is 2.18. The van der Waals surface area contributed by atoms with E-state index in [1.807, 2.05) is 30.3 Å². The number of nitrogens with one attached hydrogen (secondary N) is 1. The van der Waals surface area contributed by atoms with E-state index >= 15 is 0 Å². The maximum absolute atomic E-state index is 9.68. The average molecular weight is 229 g/mol. The highest BCUT2D eigenvalue weighted by Crippen LogP contribution is 2.22. The number of aliphatic hydroxyl groups excluding tert-OH is 1. The van der Waals surface area contributed by atoms with Crippen molar-refractivity contribution in [2.45, 2.75) is 12.2 Å². The molecule has 0 aliphatic carbocycles. The average Bonchev–Trinajstić information content (AvgIpc) is 2.75. The first-order valence-electron chi connectivity index (χ1n) is 5.87. The van der Waals surface area contributed by atoms with Gasteiger partial charge in [0.1, 0.15) is 18.0 Å². The lowest BCUT2D eigenvalue weighted by atomic mass is 10.1. The normalized spacial score (nSPS) is 24.1. The van der Waals surface area contributed by atoms with E-state index in [1.165, 1.54) is 5.39 Å². The standard InChI is InChI=1S/C14H15NO2/c16-13-8-15-9-14(13)17-12-6-5-10-3-1-2-4-11(10)7-12/h1-7,13-16H,8-9H2. The molecule has 2 N–H and O–H groups in total. The Morgan fingerprint density at radius 3 is 2.65 bits per heavy atom. The van der Waals surface area contributed by atoms with Gasteiger partial charge in [0.25, 0.3) is 0 Å². The monoisotopic (exact) mass is 229 g/mol. The smallest absolute Gasteiger partial charge is 0.138 e. The SMILES string of the molecule is OC1CNCC1Oc1ccc2ccccc2c1. The van der Waals surface area contributed by atoms with Crippen molar-refractivity contribution in [2.24, 2.45) is 0 Å². The molecule has 3 rings (SSSR count). The van der Waals surface area contributed by atoms with Crippen LogP contribution in [0.15, 0.2) is 42.5 Å². The van der Waals surface area contributed by atoms with Crippen LogP contribution in [0.3, 0.4) is 0 Å². The molecule has 1 fully saturated rings. The quantitative estimate of drug-likeness (QED) is 0.821. The minimum Gasteiger partial charge on any atom is -0.486 e. The molecule has 3 heteroatoms. The maximum Gasteiger partial charge on any atom is 0.138 e. The van der Waals surface area contributed by atoms with E-state index in [1.54, 1.807) is 0 Å². The Morgan fingerprint density at radius 1 is 1.06 bits per heavy atom. The highest BCUT2D eigenvalue weighted by molar-refractivity contribution is 5.83. The molecular weight excluding hydrogens is 214 g/mol. The first-order chi connectivity index (χ1) is 8.33. The summed E-state index contributed by atoms with van der Waals surface area (Å²) in [6, 6.07) is 14.2. The maximum atomic E-state index is 9.68. The zero-order valence-corrected chi connectivity index (χ0v) is 9.47. The van der Waals surface area contributed by atoms with Gasteiger partial charge in [-0.25, -0.2) is 0 Å². The van der Waals surface area contributed by atoms with Crippen LogP contribution in [0.2, 0.25) is 0 Å². The molecular formula is C14H15NO2. The summed E-state index contributed by atoms with van der Waals surface area (Å²) < 4.78 is 5.78. The zero-order chi connectivity index (χ0) is 11.7. The molecule has 3 nitrogen and oxygen atoms in total. The number of ether oxygens (including phenoxy) is 1. The lowest BCUT2D eigenvalue weighted by Crippen LogP contribution is -2.29. The van der Waals surface area contributed by atoms with Crippen LogP contribution in [-0.4, -0.2) is 30.4 Å². The van der Waals surface area contributed by atoms with Crippen LogP contribution in [0.25, 0.3) is 10.8 Å². The lowest BCUT2D eigenvalue weighted by Gasteiger charge is -2.16. The minimum atomic E-state index is -0.415. The summed E-state index contributed by atoms with van der Waals surface area (Å²) in [5, 5.41) is 15.1. The van der Waals surface area contributed by atoms with Crippen LogP contribution >= 0.6 is 0 Å². The number of benzene rings is 2. The predicted octanol–water partition coefficient (Wildman–Crippen LogP) is 1.55. The predicted molar refractivity (Wildman–Crippen MR) is 67.2 cm³/mol. The second-order valence-corrected chi connectivity index (χ2v) is 4.39. The molecule has 1 heterocycles. The largest absolute Gasteiger partial charge is 0.486 e. The van der Waals surface area contributed by atoms with Gasteiger partial charge in [-0.1, -0.05) is 30.3 Å². The molecule has 0 bridgehead atoms.